The van der Waals surface area contributed by atoms with E-state index in [0.717, 1.165) is 6.42 Å². The molecular weight excluding hydrogens is 214 g/mol. The lowest BCUT2D eigenvalue weighted by Crippen LogP contribution is -2.42. The van der Waals surface area contributed by atoms with Gasteiger partial charge in [-0.05, 0) is 18.6 Å². The van der Waals surface area contributed by atoms with Crippen LogP contribution in [0.4, 0.5) is 5.69 Å². The maximum atomic E-state index is 12.0. The lowest BCUT2D eigenvalue weighted by atomic mass is 10.1. The molecule has 90 valence electrons. The maximum absolute atomic E-state index is 12.0. The molecule has 0 aliphatic carbocycles. The van der Waals surface area contributed by atoms with E-state index in [4.69, 9.17) is 11.0 Å². The molecule has 4 nitrogen and oxygen atoms in total. The Bertz CT molecular complexity index is 437. The second-order valence-electron chi connectivity index (χ2n) is 3.92. The lowest BCUT2D eigenvalue weighted by Gasteiger charge is -2.22. The van der Waals surface area contributed by atoms with Crippen LogP contribution in [0.5, 0.6) is 0 Å². The van der Waals surface area contributed by atoms with Crippen LogP contribution < -0.4 is 10.6 Å². The highest BCUT2D eigenvalue weighted by Crippen LogP contribution is 2.19. The van der Waals surface area contributed by atoms with E-state index in [1.165, 1.54) is 4.90 Å². The quantitative estimate of drug-likeness (QED) is 0.856. The molecule has 4 heteroatoms. The molecule has 1 aromatic carbocycles. The molecule has 2 N–H and O–H groups in total. The summed E-state index contributed by atoms with van der Waals surface area (Å²) in [6.45, 7) is 1.98. The van der Waals surface area contributed by atoms with Gasteiger partial charge >= 0.3 is 0 Å². The van der Waals surface area contributed by atoms with Crippen molar-refractivity contribution in [3.63, 3.8) is 0 Å². The molecule has 1 atom stereocenters. The number of nitriles is 1. The summed E-state index contributed by atoms with van der Waals surface area (Å²) < 4.78 is 0. The molecule has 0 aliphatic rings. The van der Waals surface area contributed by atoms with E-state index in [9.17, 15) is 4.79 Å². The van der Waals surface area contributed by atoms with E-state index in [-0.39, 0.29) is 5.91 Å². The predicted octanol–water partition coefficient (Wildman–Crippen LogP) is 1.65. The standard InChI is InChI=1S/C13H17N3O/c1-3-6-11(15)13(17)16(2)12-8-5-4-7-10(12)9-14/h4-5,7-8,11H,3,6,15H2,1-2H3. The number of nitrogens with zero attached hydrogens (tertiary/aromatic N) is 2. The van der Waals surface area contributed by atoms with Gasteiger partial charge in [0.1, 0.15) is 6.07 Å². The molecule has 0 saturated heterocycles. The number of carbonyl (C=O) groups is 1. The number of amides is 1. The Morgan fingerprint density at radius 3 is 2.76 bits per heavy atom. The normalized spacial score (nSPS) is 11.6. The Morgan fingerprint density at radius 2 is 2.18 bits per heavy atom. The fourth-order valence-corrected chi connectivity index (χ4v) is 1.66. The van der Waals surface area contributed by atoms with Crippen LogP contribution in [0.3, 0.4) is 0 Å². The molecule has 0 heterocycles. The number of nitrogens with two attached hydrogens (primary N) is 1. The van der Waals surface area contributed by atoms with Gasteiger partial charge in [-0.2, -0.15) is 5.26 Å². The molecule has 0 bridgehead atoms. The van der Waals surface area contributed by atoms with Crippen molar-refractivity contribution in [3.05, 3.63) is 29.8 Å². The van der Waals surface area contributed by atoms with Crippen molar-refractivity contribution in [1.29, 1.82) is 5.26 Å². The lowest BCUT2D eigenvalue weighted by molar-refractivity contribution is -0.119. The van der Waals surface area contributed by atoms with E-state index < -0.39 is 6.04 Å². The number of para-hydroxylation sites is 1. The van der Waals surface area contributed by atoms with E-state index in [2.05, 4.69) is 6.07 Å². The number of anilines is 1. The molecule has 0 aromatic heterocycles. The van der Waals surface area contributed by atoms with Gasteiger partial charge in [0.2, 0.25) is 5.91 Å². The highest BCUT2D eigenvalue weighted by atomic mass is 16.2. The molecule has 0 radical (unpaired) electrons. The second kappa shape index (κ2) is 6.02. The fraction of sp³-hybridized carbons (Fsp3) is 0.385. The minimum Gasteiger partial charge on any atom is -0.320 e. The average Bonchev–Trinajstić information content (AvgIpc) is 2.37. The average molecular weight is 231 g/mol. The molecule has 1 amide bonds. The van der Waals surface area contributed by atoms with Crippen molar-refractivity contribution in [2.75, 3.05) is 11.9 Å². The Kier molecular flexibility index (Phi) is 4.68. The largest absolute Gasteiger partial charge is 0.320 e. The van der Waals surface area contributed by atoms with Gasteiger partial charge in [0.15, 0.2) is 0 Å². The minimum absolute atomic E-state index is 0.158. The highest BCUT2D eigenvalue weighted by molar-refractivity contribution is 5.97. The van der Waals surface area contributed by atoms with Crippen LogP contribution in [-0.2, 0) is 4.79 Å². The van der Waals surface area contributed by atoms with Crippen LogP contribution in [-0.4, -0.2) is 19.0 Å². The van der Waals surface area contributed by atoms with Crippen molar-refractivity contribution in [3.8, 4) is 6.07 Å². The summed E-state index contributed by atoms with van der Waals surface area (Å²) in [5, 5.41) is 8.97. The van der Waals surface area contributed by atoms with Crippen LogP contribution in [0.25, 0.3) is 0 Å². The van der Waals surface area contributed by atoms with Gasteiger partial charge in [0.05, 0.1) is 17.3 Å². The first-order chi connectivity index (χ1) is 8.11. The third-order valence-corrected chi connectivity index (χ3v) is 2.63. The molecule has 1 rings (SSSR count). The fourth-order valence-electron chi connectivity index (χ4n) is 1.66. The van der Waals surface area contributed by atoms with Crippen molar-refractivity contribution >= 4 is 11.6 Å². The van der Waals surface area contributed by atoms with Crippen molar-refractivity contribution < 1.29 is 4.79 Å². The van der Waals surface area contributed by atoms with Gasteiger partial charge in [-0.3, -0.25) is 4.79 Å². The van der Waals surface area contributed by atoms with Crippen molar-refractivity contribution in [2.45, 2.75) is 25.8 Å². The van der Waals surface area contributed by atoms with Crippen molar-refractivity contribution in [1.82, 2.24) is 0 Å². The van der Waals surface area contributed by atoms with Crippen LogP contribution in [0.2, 0.25) is 0 Å². The number of rotatable bonds is 4. The highest BCUT2D eigenvalue weighted by Gasteiger charge is 2.19. The first kappa shape index (κ1) is 13.2. The number of hydrogen-bond acceptors (Lipinski definition) is 3. The van der Waals surface area contributed by atoms with Gasteiger partial charge < -0.3 is 10.6 Å². The van der Waals surface area contributed by atoms with E-state index in [1.807, 2.05) is 6.92 Å². The van der Waals surface area contributed by atoms with Gasteiger partial charge in [-0.1, -0.05) is 25.5 Å². The smallest absolute Gasteiger partial charge is 0.243 e. The maximum Gasteiger partial charge on any atom is 0.243 e. The molecular formula is C13H17N3O. The van der Waals surface area contributed by atoms with Gasteiger partial charge in [-0.15, -0.1) is 0 Å². The van der Waals surface area contributed by atoms with Crippen LogP contribution >= 0.6 is 0 Å². The summed E-state index contributed by atoms with van der Waals surface area (Å²) in [6.07, 6.45) is 1.51. The number of likely N-dealkylation sites (N-methyl/N-ethyl adjacent to an activating group) is 1. The number of hydrogen-bond donors (Lipinski definition) is 1. The first-order valence-electron chi connectivity index (χ1n) is 5.64. The molecule has 0 spiro atoms. The Labute approximate surface area is 102 Å². The summed E-state index contributed by atoms with van der Waals surface area (Å²) in [7, 11) is 1.65. The zero-order chi connectivity index (χ0) is 12.8. The van der Waals surface area contributed by atoms with Crippen LogP contribution in [0, 0.1) is 11.3 Å². The van der Waals surface area contributed by atoms with Gasteiger partial charge in [-0.25, -0.2) is 0 Å². The summed E-state index contributed by atoms with van der Waals surface area (Å²) >= 11 is 0. The monoisotopic (exact) mass is 231 g/mol. The predicted molar refractivity (Wildman–Crippen MR) is 67.5 cm³/mol. The SMILES string of the molecule is CCCC(N)C(=O)N(C)c1ccccc1C#N. The van der Waals surface area contributed by atoms with Crippen LogP contribution in [0.1, 0.15) is 25.3 Å². The Hall–Kier alpha value is -1.86. The molecule has 17 heavy (non-hydrogen) atoms. The minimum atomic E-state index is -0.503. The molecule has 0 fully saturated rings. The Morgan fingerprint density at radius 1 is 1.53 bits per heavy atom. The molecule has 1 unspecified atom stereocenters. The zero-order valence-electron chi connectivity index (χ0n) is 10.2. The summed E-state index contributed by atoms with van der Waals surface area (Å²) in [5.41, 5.74) is 6.87. The second-order valence-corrected chi connectivity index (χ2v) is 3.92. The van der Waals surface area contributed by atoms with Crippen molar-refractivity contribution in [2.24, 2.45) is 5.73 Å². The number of benzene rings is 1. The van der Waals surface area contributed by atoms with E-state index in [0.29, 0.717) is 17.7 Å². The van der Waals surface area contributed by atoms with E-state index >= 15 is 0 Å². The third-order valence-electron chi connectivity index (χ3n) is 2.63. The van der Waals surface area contributed by atoms with Crippen LogP contribution in [0.15, 0.2) is 24.3 Å². The van der Waals surface area contributed by atoms with Gasteiger partial charge in [0.25, 0.3) is 0 Å². The third kappa shape index (κ3) is 3.05. The van der Waals surface area contributed by atoms with Gasteiger partial charge in [0, 0.05) is 7.05 Å². The van der Waals surface area contributed by atoms with E-state index in [1.54, 1.807) is 31.3 Å². The molecule has 0 aliphatic heterocycles. The Balaban J connectivity index is 2.93. The molecule has 0 saturated carbocycles. The summed E-state index contributed by atoms with van der Waals surface area (Å²) in [5.74, 6) is -0.158. The zero-order valence-corrected chi connectivity index (χ0v) is 10.2. The molecule has 1 aromatic rings. The summed E-state index contributed by atoms with van der Waals surface area (Å²) in [4.78, 5) is 13.5. The topological polar surface area (TPSA) is 70.1 Å². The number of carbonyl (C=O) groups excluding carboxylic acids is 1. The first-order valence-corrected chi connectivity index (χ1v) is 5.64. The summed E-state index contributed by atoms with van der Waals surface area (Å²) in [6, 6.07) is 8.56.